The monoisotopic (exact) mass is 409 g/mol. The first-order chi connectivity index (χ1) is 14.3. The number of carbonyl (C=O) groups excluding carboxylic acids is 2. The van der Waals surface area contributed by atoms with E-state index in [2.05, 4.69) is 10.1 Å². The van der Waals surface area contributed by atoms with E-state index in [1.807, 2.05) is 49.6 Å². The van der Waals surface area contributed by atoms with Crippen molar-refractivity contribution in [2.24, 2.45) is 0 Å². The van der Waals surface area contributed by atoms with E-state index in [1.165, 1.54) is 6.33 Å². The Balaban J connectivity index is 1.72. The lowest BCUT2D eigenvalue weighted by Gasteiger charge is -2.26. The van der Waals surface area contributed by atoms with Gasteiger partial charge in [0.25, 0.3) is 0 Å². The van der Waals surface area contributed by atoms with Crippen LogP contribution in [-0.4, -0.2) is 49.8 Å². The molecule has 0 fully saturated rings. The normalized spacial score (nSPS) is 11.9. The van der Waals surface area contributed by atoms with Crippen LogP contribution in [-0.2, 0) is 16.1 Å². The van der Waals surface area contributed by atoms with E-state index in [9.17, 15) is 9.59 Å². The molecule has 8 heteroatoms. The Morgan fingerprint density at radius 2 is 1.90 bits per heavy atom. The van der Waals surface area contributed by atoms with Crippen molar-refractivity contribution >= 4 is 11.9 Å². The first-order valence-corrected chi connectivity index (χ1v) is 9.88. The molecule has 2 aromatic heterocycles. The number of amides is 1. The van der Waals surface area contributed by atoms with Gasteiger partial charge >= 0.3 is 5.97 Å². The zero-order valence-electron chi connectivity index (χ0n) is 18.0. The Kier molecular flexibility index (Phi) is 6.34. The fourth-order valence-corrected chi connectivity index (χ4v) is 3.39. The first-order valence-electron chi connectivity index (χ1n) is 9.88. The van der Waals surface area contributed by atoms with E-state index >= 15 is 0 Å². The highest BCUT2D eigenvalue weighted by molar-refractivity contribution is 5.91. The van der Waals surface area contributed by atoms with Crippen LogP contribution in [0.4, 0.5) is 0 Å². The number of aryl methyl sites for hydroxylation is 1. The van der Waals surface area contributed by atoms with Gasteiger partial charge in [-0.3, -0.25) is 4.79 Å². The Labute approximate surface area is 176 Å². The number of esters is 1. The van der Waals surface area contributed by atoms with Gasteiger partial charge in [0.05, 0.1) is 23.9 Å². The Morgan fingerprint density at radius 1 is 1.20 bits per heavy atom. The standard InChI is InChI=1S/C22H27N5O3/c1-6-30-22(29)20-11-15(2)26(17(20)4)12-21(28)25(5)16(3)18-7-9-19(10-8-18)27-14-23-13-24-27/h7-11,13-14,16H,6,12H2,1-5H3/t16-/m1/s1. The summed E-state index contributed by atoms with van der Waals surface area (Å²) in [6.07, 6.45) is 3.13. The number of hydrogen-bond donors (Lipinski definition) is 0. The van der Waals surface area contributed by atoms with Gasteiger partial charge in [0, 0.05) is 18.4 Å². The molecule has 0 saturated carbocycles. The number of ether oxygens (including phenoxy) is 1. The number of aromatic nitrogens is 4. The average molecular weight is 409 g/mol. The topological polar surface area (TPSA) is 82.2 Å². The van der Waals surface area contributed by atoms with Crippen molar-refractivity contribution in [2.45, 2.75) is 40.3 Å². The molecule has 1 aromatic carbocycles. The third-order valence-electron chi connectivity index (χ3n) is 5.40. The van der Waals surface area contributed by atoms with Gasteiger partial charge in [0.1, 0.15) is 19.2 Å². The molecule has 0 radical (unpaired) electrons. The maximum atomic E-state index is 13.0. The second kappa shape index (κ2) is 8.94. The van der Waals surface area contributed by atoms with Crippen molar-refractivity contribution in [3.63, 3.8) is 0 Å². The van der Waals surface area contributed by atoms with E-state index in [4.69, 9.17) is 4.74 Å². The molecule has 158 valence electrons. The van der Waals surface area contributed by atoms with Crippen molar-refractivity contribution < 1.29 is 14.3 Å². The van der Waals surface area contributed by atoms with Crippen LogP contribution in [0, 0.1) is 13.8 Å². The van der Waals surface area contributed by atoms with Crippen LogP contribution >= 0.6 is 0 Å². The van der Waals surface area contributed by atoms with E-state index in [0.29, 0.717) is 12.2 Å². The minimum atomic E-state index is -0.363. The van der Waals surface area contributed by atoms with Crippen LogP contribution < -0.4 is 0 Å². The third-order valence-corrected chi connectivity index (χ3v) is 5.40. The highest BCUT2D eigenvalue weighted by atomic mass is 16.5. The summed E-state index contributed by atoms with van der Waals surface area (Å²) in [5.74, 6) is -0.404. The summed E-state index contributed by atoms with van der Waals surface area (Å²) in [5, 5.41) is 4.12. The van der Waals surface area contributed by atoms with E-state index in [0.717, 1.165) is 22.6 Å². The number of benzene rings is 1. The zero-order chi connectivity index (χ0) is 21.8. The van der Waals surface area contributed by atoms with Crippen LogP contribution in [0.3, 0.4) is 0 Å². The summed E-state index contributed by atoms with van der Waals surface area (Å²) < 4.78 is 8.64. The van der Waals surface area contributed by atoms with E-state index in [1.54, 1.807) is 35.9 Å². The minimum Gasteiger partial charge on any atom is -0.462 e. The average Bonchev–Trinajstić information content (AvgIpc) is 3.37. The van der Waals surface area contributed by atoms with Crippen molar-refractivity contribution in [3.05, 3.63) is 65.5 Å². The van der Waals surface area contributed by atoms with Crippen LogP contribution in [0.25, 0.3) is 5.69 Å². The van der Waals surface area contributed by atoms with E-state index in [-0.39, 0.29) is 24.5 Å². The number of nitrogens with zero attached hydrogens (tertiary/aromatic N) is 5. The van der Waals surface area contributed by atoms with Crippen molar-refractivity contribution in [1.29, 1.82) is 0 Å². The lowest BCUT2D eigenvalue weighted by atomic mass is 10.1. The highest BCUT2D eigenvalue weighted by Gasteiger charge is 2.22. The van der Waals surface area contributed by atoms with Crippen LogP contribution in [0.2, 0.25) is 0 Å². The van der Waals surface area contributed by atoms with Gasteiger partial charge in [0.15, 0.2) is 0 Å². The number of carbonyl (C=O) groups is 2. The fraction of sp³-hybridized carbons (Fsp3) is 0.364. The van der Waals surface area contributed by atoms with Gasteiger partial charge in [0.2, 0.25) is 5.91 Å². The summed E-state index contributed by atoms with van der Waals surface area (Å²) in [6, 6.07) is 9.53. The Bertz CT molecular complexity index is 1020. The molecule has 30 heavy (non-hydrogen) atoms. The summed E-state index contributed by atoms with van der Waals surface area (Å²) in [5.41, 5.74) is 4.01. The molecular formula is C22H27N5O3. The lowest BCUT2D eigenvalue weighted by Crippen LogP contribution is -2.33. The summed E-state index contributed by atoms with van der Waals surface area (Å²) in [7, 11) is 1.79. The summed E-state index contributed by atoms with van der Waals surface area (Å²) in [6.45, 7) is 7.96. The fourth-order valence-electron chi connectivity index (χ4n) is 3.39. The molecule has 3 aromatic rings. The predicted octanol–water partition coefficient (Wildman–Crippen LogP) is 3.08. The highest BCUT2D eigenvalue weighted by Crippen LogP contribution is 2.22. The number of likely N-dealkylation sites (N-methyl/N-ethyl adjacent to an activating group) is 1. The molecule has 3 rings (SSSR count). The molecule has 0 N–H and O–H groups in total. The predicted molar refractivity (Wildman–Crippen MR) is 112 cm³/mol. The van der Waals surface area contributed by atoms with Gasteiger partial charge in [-0.1, -0.05) is 12.1 Å². The molecule has 0 aliphatic heterocycles. The Morgan fingerprint density at radius 3 is 2.50 bits per heavy atom. The van der Waals surface area contributed by atoms with E-state index < -0.39 is 0 Å². The quantitative estimate of drug-likeness (QED) is 0.560. The molecule has 1 amide bonds. The molecule has 1 atom stereocenters. The van der Waals surface area contributed by atoms with Crippen LogP contribution in [0.15, 0.2) is 43.0 Å². The first kappa shape index (κ1) is 21.3. The molecule has 0 spiro atoms. The van der Waals surface area contributed by atoms with Crippen molar-refractivity contribution in [2.75, 3.05) is 13.7 Å². The van der Waals surface area contributed by atoms with Crippen LogP contribution in [0.1, 0.15) is 47.2 Å². The summed E-state index contributed by atoms with van der Waals surface area (Å²) >= 11 is 0. The molecule has 0 unspecified atom stereocenters. The lowest BCUT2D eigenvalue weighted by molar-refractivity contribution is -0.132. The van der Waals surface area contributed by atoms with Gasteiger partial charge in [-0.25, -0.2) is 14.5 Å². The SMILES string of the molecule is CCOC(=O)c1cc(C)n(CC(=O)N(C)[C@H](C)c2ccc(-n3cncn3)cc2)c1C. The Hall–Kier alpha value is -3.42. The molecule has 2 heterocycles. The minimum absolute atomic E-state index is 0.0416. The van der Waals surface area contributed by atoms with Gasteiger partial charge in [-0.2, -0.15) is 5.10 Å². The third kappa shape index (κ3) is 4.27. The smallest absolute Gasteiger partial charge is 0.339 e. The molecule has 0 aliphatic rings. The maximum absolute atomic E-state index is 13.0. The molecule has 0 saturated heterocycles. The molecule has 8 nitrogen and oxygen atoms in total. The molecular weight excluding hydrogens is 382 g/mol. The van der Waals surface area contributed by atoms with Crippen LogP contribution in [0.5, 0.6) is 0 Å². The number of hydrogen-bond acceptors (Lipinski definition) is 5. The van der Waals surface area contributed by atoms with Crippen molar-refractivity contribution in [3.8, 4) is 5.69 Å². The molecule has 0 bridgehead atoms. The zero-order valence-corrected chi connectivity index (χ0v) is 18.0. The summed E-state index contributed by atoms with van der Waals surface area (Å²) in [4.78, 5) is 30.7. The second-order valence-electron chi connectivity index (χ2n) is 7.20. The van der Waals surface area contributed by atoms with Crippen molar-refractivity contribution in [1.82, 2.24) is 24.2 Å². The van der Waals surface area contributed by atoms with Gasteiger partial charge in [-0.15, -0.1) is 0 Å². The second-order valence-corrected chi connectivity index (χ2v) is 7.20. The molecule has 0 aliphatic carbocycles. The number of rotatable bonds is 7. The maximum Gasteiger partial charge on any atom is 0.339 e. The van der Waals surface area contributed by atoms with Gasteiger partial charge < -0.3 is 14.2 Å². The van der Waals surface area contributed by atoms with Gasteiger partial charge in [-0.05, 0) is 51.5 Å². The largest absolute Gasteiger partial charge is 0.462 e.